The van der Waals surface area contributed by atoms with Gasteiger partial charge in [0.1, 0.15) is 11.5 Å². The summed E-state index contributed by atoms with van der Waals surface area (Å²) in [5.74, 6) is -1.54. The number of hydrogen-bond acceptors (Lipinski definition) is 8. The molecule has 180 valence electrons. The summed E-state index contributed by atoms with van der Waals surface area (Å²) in [6, 6.07) is 16.7. The molecule has 0 aliphatic carbocycles. The van der Waals surface area contributed by atoms with Gasteiger partial charge in [-0.25, -0.2) is 4.98 Å². The summed E-state index contributed by atoms with van der Waals surface area (Å²) in [5, 5.41) is 22.5. The second-order valence-electron chi connectivity index (χ2n) is 8.21. The molecule has 1 aliphatic rings. The molecule has 1 unspecified atom stereocenters. The van der Waals surface area contributed by atoms with Gasteiger partial charge >= 0.3 is 5.91 Å². The third-order valence-electron chi connectivity index (χ3n) is 5.97. The Kier molecular flexibility index (Phi) is 5.73. The third kappa shape index (κ3) is 3.87. The van der Waals surface area contributed by atoms with E-state index in [-0.39, 0.29) is 16.8 Å². The molecule has 0 radical (unpaired) electrons. The van der Waals surface area contributed by atoms with E-state index in [1.807, 2.05) is 25.1 Å². The Morgan fingerprint density at radius 2 is 1.78 bits per heavy atom. The fraction of sp³-hybridized carbons (Fsp3) is 0.115. The number of rotatable bonds is 5. The number of nitro benzene ring substituents is 1. The molecule has 1 fully saturated rings. The average Bonchev–Trinajstić information content (AvgIpc) is 3.41. The Bertz CT molecular complexity index is 1560. The third-order valence-corrected chi connectivity index (χ3v) is 6.98. The van der Waals surface area contributed by atoms with E-state index in [0.717, 1.165) is 10.3 Å². The molecule has 0 spiro atoms. The van der Waals surface area contributed by atoms with Crippen molar-refractivity contribution in [3.8, 4) is 5.75 Å². The maximum absolute atomic E-state index is 13.3. The van der Waals surface area contributed by atoms with Crippen LogP contribution in [0, 0.1) is 17.0 Å². The number of hydrogen-bond donors (Lipinski definition) is 1. The van der Waals surface area contributed by atoms with Crippen molar-refractivity contribution in [1.29, 1.82) is 0 Å². The van der Waals surface area contributed by atoms with Gasteiger partial charge in [0.05, 0.1) is 33.9 Å². The lowest BCUT2D eigenvalue weighted by molar-refractivity contribution is -0.384. The van der Waals surface area contributed by atoms with Crippen molar-refractivity contribution in [2.45, 2.75) is 13.0 Å². The number of nitro groups is 1. The van der Waals surface area contributed by atoms with Crippen molar-refractivity contribution in [1.82, 2.24) is 4.98 Å². The number of non-ortho nitro benzene ring substituents is 1. The maximum Gasteiger partial charge on any atom is 0.301 e. The number of carbonyl (C=O) groups excluding carboxylic acids is 2. The van der Waals surface area contributed by atoms with Crippen LogP contribution in [-0.4, -0.2) is 33.8 Å². The van der Waals surface area contributed by atoms with Crippen LogP contribution in [0.3, 0.4) is 0 Å². The number of methoxy groups -OCH3 is 1. The molecule has 0 bridgehead atoms. The van der Waals surface area contributed by atoms with Gasteiger partial charge < -0.3 is 9.84 Å². The second-order valence-corrected chi connectivity index (χ2v) is 9.22. The zero-order valence-corrected chi connectivity index (χ0v) is 20.0. The first-order chi connectivity index (χ1) is 17.3. The van der Waals surface area contributed by atoms with Crippen LogP contribution in [-0.2, 0) is 9.59 Å². The van der Waals surface area contributed by atoms with Gasteiger partial charge in [-0.05, 0) is 54.4 Å². The van der Waals surface area contributed by atoms with Crippen LogP contribution in [0.15, 0.2) is 72.3 Å². The minimum absolute atomic E-state index is 0.130. The predicted octanol–water partition coefficient (Wildman–Crippen LogP) is 5.15. The number of aromatic nitrogens is 1. The van der Waals surface area contributed by atoms with Crippen LogP contribution in [0.4, 0.5) is 10.8 Å². The van der Waals surface area contributed by atoms with E-state index in [2.05, 4.69) is 4.98 Å². The van der Waals surface area contributed by atoms with Crippen LogP contribution < -0.4 is 9.64 Å². The normalized spacial score (nSPS) is 17.1. The number of amides is 1. The first kappa shape index (κ1) is 23.2. The van der Waals surface area contributed by atoms with Crippen LogP contribution in [0.5, 0.6) is 5.75 Å². The molecule has 1 saturated heterocycles. The summed E-state index contributed by atoms with van der Waals surface area (Å²) in [4.78, 5) is 43.0. The highest BCUT2D eigenvalue weighted by Gasteiger charge is 2.48. The summed E-state index contributed by atoms with van der Waals surface area (Å²) in [6.45, 7) is 1.95. The van der Waals surface area contributed by atoms with Crippen LogP contribution in [0.2, 0.25) is 0 Å². The number of ketones is 1. The molecular weight excluding hydrogens is 482 g/mol. The largest absolute Gasteiger partial charge is 0.507 e. The second kappa shape index (κ2) is 8.90. The number of aliphatic hydroxyl groups excluding tert-OH is 1. The van der Waals surface area contributed by atoms with Crippen LogP contribution >= 0.6 is 11.3 Å². The number of ether oxygens (including phenoxy) is 1. The highest BCUT2D eigenvalue weighted by atomic mass is 32.1. The van der Waals surface area contributed by atoms with Gasteiger partial charge in [0, 0.05) is 17.7 Å². The van der Waals surface area contributed by atoms with Gasteiger partial charge in [-0.2, -0.15) is 0 Å². The smallest absolute Gasteiger partial charge is 0.301 e. The number of benzene rings is 3. The number of nitrogens with zero attached hydrogens (tertiary/aromatic N) is 3. The van der Waals surface area contributed by atoms with E-state index in [1.165, 1.54) is 47.6 Å². The molecule has 1 aromatic heterocycles. The lowest BCUT2D eigenvalue weighted by Gasteiger charge is -2.23. The minimum atomic E-state index is -0.965. The van der Waals surface area contributed by atoms with Gasteiger partial charge in [-0.3, -0.25) is 24.6 Å². The number of anilines is 1. The van der Waals surface area contributed by atoms with Gasteiger partial charge in [0.25, 0.3) is 11.5 Å². The lowest BCUT2D eigenvalue weighted by atomic mass is 9.95. The molecule has 4 aromatic rings. The molecule has 1 aliphatic heterocycles. The zero-order chi connectivity index (χ0) is 25.6. The highest BCUT2D eigenvalue weighted by Crippen LogP contribution is 2.44. The maximum atomic E-state index is 13.3. The summed E-state index contributed by atoms with van der Waals surface area (Å²) in [7, 11) is 1.53. The molecule has 3 aromatic carbocycles. The predicted molar refractivity (Wildman–Crippen MR) is 135 cm³/mol. The van der Waals surface area contributed by atoms with Crippen LogP contribution in [0.1, 0.15) is 22.7 Å². The number of Topliss-reactive ketones (excluding diaryl/α,β-unsaturated/α-hetero) is 1. The quantitative estimate of drug-likeness (QED) is 0.132. The van der Waals surface area contributed by atoms with Crippen molar-refractivity contribution >= 4 is 49.8 Å². The zero-order valence-electron chi connectivity index (χ0n) is 19.2. The molecule has 1 N–H and O–H groups in total. The molecule has 5 rings (SSSR count). The van der Waals surface area contributed by atoms with Gasteiger partial charge in [-0.15, -0.1) is 0 Å². The van der Waals surface area contributed by atoms with Gasteiger partial charge in [0.15, 0.2) is 5.13 Å². The van der Waals surface area contributed by atoms with Gasteiger partial charge in [-0.1, -0.05) is 29.5 Å². The summed E-state index contributed by atoms with van der Waals surface area (Å²) >= 11 is 1.27. The van der Waals surface area contributed by atoms with E-state index < -0.39 is 28.4 Å². The topological polar surface area (TPSA) is 123 Å². The Morgan fingerprint density at radius 3 is 2.42 bits per heavy atom. The van der Waals surface area contributed by atoms with Crippen molar-refractivity contribution in [2.24, 2.45) is 0 Å². The number of thiazole rings is 1. The Labute approximate surface area is 209 Å². The average molecular weight is 502 g/mol. The number of aryl methyl sites for hydroxylation is 1. The van der Waals surface area contributed by atoms with E-state index in [9.17, 15) is 24.8 Å². The SMILES string of the molecule is COc1ccc(C2/C(=C(\O)c3ccc([N+](=O)[O-])cc3)C(=O)C(=O)N2c2nc3ccc(C)cc3s2)cc1. The van der Waals surface area contributed by atoms with E-state index >= 15 is 0 Å². The monoisotopic (exact) mass is 501 g/mol. The molecule has 9 nitrogen and oxygen atoms in total. The number of fused-ring (bicyclic) bond motifs is 1. The van der Waals surface area contributed by atoms with E-state index in [4.69, 9.17) is 4.74 Å². The highest BCUT2D eigenvalue weighted by molar-refractivity contribution is 7.22. The number of carbonyl (C=O) groups is 2. The molecule has 36 heavy (non-hydrogen) atoms. The first-order valence-corrected chi connectivity index (χ1v) is 11.7. The Morgan fingerprint density at radius 1 is 1.08 bits per heavy atom. The van der Waals surface area contributed by atoms with Crippen molar-refractivity contribution in [3.05, 3.63) is 99.1 Å². The molecular formula is C26H19N3O6S. The van der Waals surface area contributed by atoms with E-state index in [1.54, 1.807) is 24.3 Å². The van der Waals surface area contributed by atoms with Crippen molar-refractivity contribution in [3.63, 3.8) is 0 Å². The fourth-order valence-electron chi connectivity index (χ4n) is 4.15. The van der Waals surface area contributed by atoms with Crippen LogP contribution in [0.25, 0.3) is 16.0 Å². The Hall–Kier alpha value is -4.57. The fourth-order valence-corrected chi connectivity index (χ4v) is 5.24. The standard InChI is InChI=1S/C26H19N3O6S/c1-14-3-12-19-20(13-14)36-26(27-19)28-22(15-6-10-18(35-2)11-7-15)21(24(31)25(28)32)23(30)16-4-8-17(9-5-16)29(33)34/h3-13,22,30H,1-2H3/b23-21+. The molecule has 1 atom stereocenters. The van der Waals surface area contributed by atoms with Gasteiger partial charge in [0.2, 0.25) is 0 Å². The summed E-state index contributed by atoms with van der Waals surface area (Å²) < 4.78 is 6.09. The summed E-state index contributed by atoms with van der Waals surface area (Å²) in [5.41, 5.74) is 2.17. The molecule has 0 saturated carbocycles. The molecule has 1 amide bonds. The van der Waals surface area contributed by atoms with Crippen molar-refractivity contribution < 1.29 is 24.4 Å². The summed E-state index contributed by atoms with van der Waals surface area (Å²) in [6.07, 6.45) is 0. The first-order valence-electron chi connectivity index (χ1n) is 10.9. The molecule has 10 heteroatoms. The lowest BCUT2D eigenvalue weighted by Crippen LogP contribution is -2.29. The Balaban J connectivity index is 1.70. The van der Waals surface area contributed by atoms with E-state index in [0.29, 0.717) is 22.0 Å². The minimum Gasteiger partial charge on any atom is -0.507 e. The molecule has 2 heterocycles. The van der Waals surface area contributed by atoms with Crippen molar-refractivity contribution in [2.75, 3.05) is 12.0 Å². The number of aliphatic hydroxyl groups is 1.